The summed E-state index contributed by atoms with van der Waals surface area (Å²) in [6.45, 7) is 3.31. The first-order valence-electron chi connectivity index (χ1n) is 5.56. The van der Waals surface area contributed by atoms with E-state index in [4.69, 9.17) is 10.2 Å². The monoisotopic (exact) mass is 245 g/mol. The second-order valence-corrected chi connectivity index (χ2v) is 4.62. The molecule has 18 heavy (non-hydrogen) atoms. The van der Waals surface area contributed by atoms with Crippen molar-refractivity contribution in [1.29, 1.82) is 0 Å². The lowest BCUT2D eigenvalue weighted by Crippen LogP contribution is -2.45. The lowest BCUT2D eigenvalue weighted by Gasteiger charge is -2.17. The molecule has 94 valence electrons. The third-order valence-electron chi connectivity index (χ3n) is 2.42. The van der Waals surface area contributed by atoms with Crippen molar-refractivity contribution in [2.75, 3.05) is 5.32 Å². The quantitative estimate of drug-likeness (QED) is 0.866. The van der Waals surface area contributed by atoms with Crippen LogP contribution in [0.25, 0.3) is 11.3 Å². The van der Waals surface area contributed by atoms with E-state index in [9.17, 15) is 4.79 Å². The molecule has 1 aromatic heterocycles. The van der Waals surface area contributed by atoms with Crippen LogP contribution in [0.2, 0.25) is 0 Å². The van der Waals surface area contributed by atoms with Crippen LogP contribution in [0.15, 0.2) is 41.3 Å². The highest BCUT2D eigenvalue weighted by molar-refractivity contribution is 5.97. The van der Waals surface area contributed by atoms with Crippen molar-refractivity contribution in [3.8, 4) is 11.3 Å². The van der Waals surface area contributed by atoms with E-state index in [0.717, 1.165) is 5.56 Å². The number of aromatic nitrogens is 1. The van der Waals surface area contributed by atoms with E-state index in [1.54, 1.807) is 26.1 Å². The fourth-order valence-corrected chi connectivity index (χ4v) is 1.40. The average molecular weight is 245 g/mol. The van der Waals surface area contributed by atoms with E-state index in [2.05, 4.69) is 10.3 Å². The molecule has 3 N–H and O–H groups in total. The first-order valence-corrected chi connectivity index (χ1v) is 5.56. The highest BCUT2D eigenvalue weighted by Crippen LogP contribution is 2.22. The van der Waals surface area contributed by atoms with Crippen molar-refractivity contribution in [3.05, 3.63) is 36.9 Å². The molecule has 1 amide bonds. The van der Waals surface area contributed by atoms with E-state index in [0.29, 0.717) is 11.4 Å². The minimum atomic E-state index is -0.914. The van der Waals surface area contributed by atoms with Gasteiger partial charge in [0, 0.05) is 11.3 Å². The van der Waals surface area contributed by atoms with Crippen molar-refractivity contribution < 1.29 is 9.21 Å². The molecule has 0 spiro atoms. The number of hydrogen-bond donors (Lipinski definition) is 2. The maximum Gasteiger partial charge on any atom is 0.243 e. The van der Waals surface area contributed by atoms with Crippen molar-refractivity contribution in [1.82, 2.24) is 4.98 Å². The molecule has 5 nitrogen and oxygen atoms in total. The second kappa shape index (κ2) is 4.62. The van der Waals surface area contributed by atoms with E-state index < -0.39 is 5.54 Å². The van der Waals surface area contributed by atoms with Gasteiger partial charge in [0.2, 0.25) is 5.91 Å². The van der Waals surface area contributed by atoms with Gasteiger partial charge in [-0.25, -0.2) is 4.98 Å². The predicted molar refractivity (Wildman–Crippen MR) is 68.8 cm³/mol. The van der Waals surface area contributed by atoms with Gasteiger partial charge in [0.05, 0.1) is 11.7 Å². The summed E-state index contributed by atoms with van der Waals surface area (Å²) in [6, 6.07) is 7.31. The van der Waals surface area contributed by atoms with Gasteiger partial charge < -0.3 is 15.5 Å². The van der Waals surface area contributed by atoms with Gasteiger partial charge in [-0.15, -0.1) is 0 Å². The molecule has 2 aromatic rings. The van der Waals surface area contributed by atoms with Crippen LogP contribution in [0.5, 0.6) is 0 Å². The summed E-state index contributed by atoms with van der Waals surface area (Å²) < 4.78 is 5.20. The predicted octanol–water partition coefficient (Wildman–Crippen LogP) is 2.02. The fraction of sp³-hybridized carbons (Fsp3) is 0.231. The van der Waals surface area contributed by atoms with Gasteiger partial charge in [-0.1, -0.05) is 12.1 Å². The largest absolute Gasteiger partial charge is 0.444 e. The SMILES string of the molecule is CC(C)(N)C(=O)Nc1cccc(-c2cnco2)c1. The Hall–Kier alpha value is -2.14. The summed E-state index contributed by atoms with van der Waals surface area (Å²) in [7, 11) is 0. The topological polar surface area (TPSA) is 81.2 Å². The molecule has 5 heteroatoms. The highest BCUT2D eigenvalue weighted by Gasteiger charge is 2.21. The van der Waals surface area contributed by atoms with Crippen LogP contribution in [0.3, 0.4) is 0 Å². The number of anilines is 1. The molecule has 0 unspecified atom stereocenters. The zero-order chi connectivity index (χ0) is 13.2. The van der Waals surface area contributed by atoms with Gasteiger partial charge in [-0.2, -0.15) is 0 Å². The number of rotatable bonds is 3. The lowest BCUT2D eigenvalue weighted by atomic mass is 10.1. The van der Waals surface area contributed by atoms with Crippen LogP contribution >= 0.6 is 0 Å². The molecule has 0 saturated carbocycles. The molecule has 0 aliphatic carbocycles. The second-order valence-electron chi connectivity index (χ2n) is 4.62. The molecule has 0 radical (unpaired) electrons. The Morgan fingerprint density at radius 3 is 2.83 bits per heavy atom. The van der Waals surface area contributed by atoms with Crippen molar-refractivity contribution >= 4 is 11.6 Å². The maximum atomic E-state index is 11.8. The highest BCUT2D eigenvalue weighted by atomic mass is 16.3. The lowest BCUT2D eigenvalue weighted by molar-refractivity contribution is -0.120. The van der Waals surface area contributed by atoms with Gasteiger partial charge >= 0.3 is 0 Å². The smallest absolute Gasteiger partial charge is 0.243 e. The minimum Gasteiger partial charge on any atom is -0.444 e. The molecule has 1 heterocycles. The van der Waals surface area contributed by atoms with Crippen molar-refractivity contribution in [3.63, 3.8) is 0 Å². The first-order chi connectivity index (χ1) is 8.47. The molecule has 0 aliphatic rings. The van der Waals surface area contributed by atoms with Gasteiger partial charge in [0.1, 0.15) is 0 Å². The Balaban J connectivity index is 2.21. The molecule has 0 bridgehead atoms. The molecular formula is C13H15N3O2. The number of oxazole rings is 1. The van der Waals surface area contributed by atoms with E-state index >= 15 is 0 Å². The Labute approximate surface area is 105 Å². The molecule has 1 aromatic carbocycles. The average Bonchev–Trinajstić information content (AvgIpc) is 2.81. The number of amides is 1. The Morgan fingerprint density at radius 2 is 2.22 bits per heavy atom. The third kappa shape index (κ3) is 2.75. The molecule has 0 atom stereocenters. The van der Waals surface area contributed by atoms with Gasteiger partial charge in [0.25, 0.3) is 0 Å². The number of nitrogens with zero attached hydrogens (tertiary/aromatic N) is 1. The number of benzene rings is 1. The number of hydrogen-bond acceptors (Lipinski definition) is 4. The van der Waals surface area contributed by atoms with Gasteiger partial charge in [0.15, 0.2) is 12.2 Å². The van der Waals surface area contributed by atoms with Crippen LogP contribution in [0, 0.1) is 0 Å². The number of nitrogens with two attached hydrogens (primary N) is 1. The van der Waals surface area contributed by atoms with E-state index in [1.807, 2.05) is 18.2 Å². The molecule has 2 rings (SSSR count). The van der Waals surface area contributed by atoms with Crippen LogP contribution in [-0.2, 0) is 4.79 Å². The molecule has 0 saturated heterocycles. The number of carbonyl (C=O) groups excluding carboxylic acids is 1. The van der Waals surface area contributed by atoms with Crippen LogP contribution < -0.4 is 11.1 Å². The zero-order valence-electron chi connectivity index (χ0n) is 10.3. The minimum absolute atomic E-state index is 0.239. The zero-order valence-corrected chi connectivity index (χ0v) is 10.3. The molecular weight excluding hydrogens is 230 g/mol. The van der Waals surface area contributed by atoms with E-state index in [-0.39, 0.29) is 5.91 Å². The molecule has 0 fully saturated rings. The van der Waals surface area contributed by atoms with Gasteiger partial charge in [-0.3, -0.25) is 4.79 Å². The summed E-state index contributed by atoms with van der Waals surface area (Å²) in [5.41, 5.74) is 6.33. The number of nitrogens with one attached hydrogen (secondary N) is 1. The van der Waals surface area contributed by atoms with Crippen molar-refractivity contribution in [2.45, 2.75) is 19.4 Å². The first kappa shape index (κ1) is 12.3. The summed E-state index contributed by atoms with van der Waals surface area (Å²) in [4.78, 5) is 15.6. The van der Waals surface area contributed by atoms with Crippen LogP contribution in [0.4, 0.5) is 5.69 Å². The summed E-state index contributed by atoms with van der Waals surface area (Å²) in [5.74, 6) is 0.412. The summed E-state index contributed by atoms with van der Waals surface area (Å²) in [5, 5.41) is 2.76. The fourth-order valence-electron chi connectivity index (χ4n) is 1.40. The summed E-state index contributed by atoms with van der Waals surface area (Å²) in [6.07, 6.45) is 2.98. The van der Waals surface area contributed by atoms with Gasteiger partial charge in [-0.05, 0) is 26.0 Å². The van der Waals surface area contributed by atoms with E-state index in [1.165, 1.54) is 6.39 Å². The summed E-state index contributed by atoms with van der Waals surface area (Å²) >= 11 is 0. The number of carbonyl (C=O) groups is 1. The maximum absolute atomic E-state index is 11.8. The Morgan fingerprint density at radius 1 is 1.44 bits per heavy atom. The normalized spacial score (nSPS) is 11.3. The van der Waals surface area contributed by atoms with Crippen molar-refractivity contribution in [2.24, 2.45) is 5.73 Å². The molecule has 0 aliphatic heterocycles. The van der Waals surface area contributed by atoms with Crippen LogP contribution in [0.1, 0.15) is 13.8 Å². The Kier molecular flexibility index (Phi) is 3.16. The Bertz CT molecular complexity index is 542. The standard InChI is InChI=1S/C13H15N3O2/c1-13(2,14)12(17)16-10-5-3-4-9(6-10)11-7-15-8-18-11/h3-8H,14H2,1-2H3,(H,16,17). The third-order valence-corrected chi connectivity index (χ3v) is 2.42. The van der Waals surface area contributed by atoms with Crippen LogP contribution in [-0.4, -0.2) is 16.4 Å².